The topological polar surface area (TPSA) is 64.6 Å². The van der Waals surface area contributed by atoms with E-state index in [1.54, 1.807) is 43.3 Å². The van der Waals surface area contributed by atoms with Crippen molar-refractivity contribution in [2.24, 2.45) is 0 Å². The highest BCUT2D eigenvalue weighted by Gasteiger charge is 2.22. The summed E-state index contributed by atoms with van der Waals surface area (Å²) < 4.78 is 11.2. The number of carbonyl (C=O) groups excluding carboxylic acids is 2. The van der Waals surface area contributed by atoms with E-state index in [1.807, 2.05) is 43.3 Å². The number of para-hydroxylation sites is 2. The fraction of sp³-hybridized carbons (Fsp3) is 0.231. The Morgan fingerprint density at radius 1 is 0.839 bits per heavy atom. The second-order valence-electron chi connectivity index (χ2n) is 7.39. The van der Waals surface area contributed by atoms with Crippen molar-refractivity contribution in [3.8, 4) is 11.5 Å². The fourth-order valence-electron chi connectivity index (χ4n) is 3.08. The van der Waals surface area contributed by atoms with Gasteiger partial charge in [0.1, 0.15) is 17.1 Å². The summed E-state index contributed by atoms with van der Waals surface area (Å²) in [7, 11) is 0. The summed E-state index contributed by atoms with van der Waals surface area (Å²) in [6, 6.07) is 26.1. The van der Waals surface area contributed by atoms with Gasteiger partial charge in [0.15, 0.2) is 6.10 Å². The summed E-state index contributed by atoms with van der Waals surface area (Å²) in [6.07, 6.45) is 0.738. The van der Waals surface area contributed by atoms with Gasteiger partial charge in [-0.25, -0.2) is 4.79 Å². The number of benzene rings is 3. The van der Waals surface area contributed by atoms with Crippen LogP contribution in [0.25, 0.3) is 0 Å². The molecule has 0 bridgehead atoms. The number of esters is 1. The molecule has 3 rings (SSSR count). The van der Waals surface area contributed by atoms with Crippen LogP contribution < -0.4 is 10.1 Å². The van der Waals surface area contributed by atoms with Crippen molar-refractivity contribution in [1.82, 2.24) is 5.32 Å². The van der Waals surface area contributed by atoms with E-state index in [4.69, 9.17) is 9.47 Å². The molecule has 5 heteroatoms. The Morgan fingerprint density at radius 2 is 1.45 bits per heavy atom. The second kappa shape index (κ2) is 11.0. The number of hydrogen-bond acceptors (Lipinski definition) is 4. The monoisotopic (exact) mass is 417 g/mol. The molecule has 160 valence electrons. The molecule has 5 nitrogen and oxygen atoms in total. The van der Waals surface area contributed by atoms with Crippen molar-refractivity contribution in [3.05, 3.63) is 96.1 Å². The maximum absolute atomic E-state index is 12.7. The number of aryl methyl sites for hydroxylation is 1. The molecule has 1 N–H and O–H groups in total. The van der Waals surface area contributed by atoms with E-state index < -0.39 is 12.1 Å². The average molecular weight is 418 g/mol. The summed E-state index contributed by atoms with van der Waals surface area (Å²) in [5, 5.41) is 2.91. The third-order valence-electron chi connectivity index (χ3n) is 4.83. The molecule has 3 aromatic carbocycles. The first-order valence-corrected chi connectivity index (χ1v) is 10.4. The maximum atomic E-state index is 12.7. The van der Waals surface area contributed by atoms with E-state index in [9.17, 15) is 9.59 Å². The van der Waals surface area contributed by atoms with E-state index >= 15 is 0 Å². The number of rotatable bonds is 9. The summed E-state index contributed by atoms with van der Waals surface area (Å²) in [6.45, 7) is 3.51. The lowest BCUT2D eigenvalue weighted by molar-refractivity contribution is -0.129. The van der Waals surface area contributed by atoms with Gasteiger partial charge >= 0.3 is 5.97 Å². The normalized spacial score (nSPS) is 12.5. The van der Waals surface area contributed by atoms with Crippen LogP contribution in [0.1, 0.15) is 36.2 Å². The smallest absolute Gasteiger partial charge is 0.342 e. The van der Waals surface area contributed by atoms with Crippen LogP contribution in [-0.4, -0.2) is 24.0 Å². The van der Waals surface area contributed by atoms with Crippen LogP contribution in [-0.2, 0) is 16.0 Å². The fourth-order valence-corrected chi connectivity index (χ4v) is 3.08. The molecule has 0 aliphatic carbocycles. The van der Waals surface area contributed by atoms with Crippen LogP contribution in [0.3, 0.4) is 0 Å². The molecule has 0 aromatic heterocycles. The Labute approximate surface area is 183 Å². The molecule has 0 aliphatic rings. The molecule has 0 fully saturated rings. The minimum Gasteiger partial charge on any atom is -0.456 e. The Balaban J connectivity index is 1.54. The number of ether oxygens (including phenoxy) is 2. The highest BCUT2D eigenvalue weighted by Crippen LogP contribution is 2.25. The second-order valence-corrected chi connectivity index (χ2v) is 7.39. The van der Waals surface area contributed by atoms with Crippen LogP contribution in [0.15, 0.2) is 84.9 Å². The van der Waals surface area contributed by atoms with Gasteiger partial charge < -0.3 is 14.8 Å². The molecule has 3 aromatic rings. The lowest BCUT2D eigenvalue weighted by atomic mass is 10.1. The van der Waals surface area contributed by atoms with E-state index in [1.165, 1.54) is 5.56 Å². The number of hydrogen-bond donors (Lipinski definition) is 1. The molecule has 31 heavy (non-hydrogen) atoms. The first-order chi connectivity index (χ1) is 15.0. The van der Waals surface area contributed by atoms with E-state index in [2.05, 4.69) is 17.4 Å². The van der Waals surface area contributed by atoms with Gasteiger partial charge in [-0.3, -0.25) is 4.79 Å². The SMILES string of the molecule is C[C@H](CCc1ccccc1)NC(=O)[C@@H](C)OC(=O)c1ccccc1Oc1ccccc1. The Morgan fingerprint density at radius 3 is 2.16 bits per heavy atom. The molecule has 0 unspecified atom stereocenters. The molecule has 0 saturated carbocycles. The molecular weight excluding hydrogens is 390 g/mol. The molecule has 0 saturated heterocycles. The van der Waals surface area contributed by atoms with Gasteiger partial charge in [-0.05, 0) is 56.5 Å². The van der Waals surface area contributed by atoms with Gasteiger partial charge in [-0.2, -0.15) is 0 Å². The molecule has 0 aliphatic heterocycles. The van der Waals surface area contributed by atoms with E-state index in [-0.39, 0.29) is 17.5 Å². The Bertz CT molecular complexity index is 989. The molecular formula is C26H27NO4. The first-order valence-electron chi connectivity index (χ1n) is 10.4. The highest BCUT2D eigenvalue weighted by atomic mass is 16.5. The molecule has 0 spiro atoms. The molecule has 1 amide bonds. The maximum Gasteiger partial charge on any atom is 0.342 e. The first kappa shape index (κ1) is 22.1. The highest BCUT2D eigenvalue weighted by molar-refractivity contribution is 5.94. The minimum atomic E-state index is -0.920. The van der Waals surface area contributed by atoms with Gasteiger partial charge in [0.25, 0.3) is 5.91 Å². The van der Waals surface area contributed by atoms with Crippen molar-refractivity contribution >= 4 is 11.9 Å². The van der Waals surface area contributed by atoms with Crippen molar-refractivity contribution in [1.29, 1.82) is 0 Å². The average Bonchev–Trinajstić information content (AvgIpc) is 2.79. The van der Waals surface area contributed by atoms with Gasteiger partial charge in [-0.15, -0.1) is 0 Å². The van der Waals surface area contributed by atoms with Crippen molar-refractivity contribution < 1.29 is 19.1 Å². The molecule has 0 radical (unpaired) electrons. The lowest BCUT2D eigenvalue weighted by Gasteiger charge is -2.18. The quantitative estimate of drug-likeness (QED) is 0.488. The summed E-state index contributed by atoms with van der Waals surface area (Å²) in [4.78, 5) is 25.2. The predicted octanol–water partition coefficient (Wildman–Crippen LogP) is 5.16. The Hall–Kier alpha value is -3.60. The zero-order valence-electron chi connectivity index (χ0n) is 17.8. The van der Waals surface area contributed by atoms with Gasteiger partial charge in [0.05, 0.1) is 0 Å². The predicted molar refractivity (Wildman–Crippen MR) is 120 cm³/mol. The number of carbonyl (C=O) groups is 2. The van der Waals surface area contributed by atoms with Crippen LogP contribution in [0.5, 0.6) is 11.5 Å². The third kappa shape index (κ3) is 6.71. The standard InChI is InChI=1S/C26H27NO4/c1-19(17-18-21-11-5-3-6-12-21)27-25(28)20(2)30-26(29)23-15-9-10-16-24(23)31-22-13-7-4-8-14-22/h3-16,19-20H,17-18H2,1-2H3,(H,27,28)/t19-,20-/m1/s1. The van der Waals surface area contributed by atoms with Gasteiger partial charge in [0.2, 0.25) is 0 Å². The van der Waals surface area contributed by atoms with E-state index in [0.29, 0.717) is 11.5 Å². The summed E-state index contributed by atoms with van der Waals surface area (Å²) in [5.41, 5.74) is 1.49. The third-order valence-corrected chi connectivity index (χ3v) is 4.83. The zero-order chi connectivity index (χ0) is 22.1. The molecule has 2 atom stereocenters. The lowest BCUT2D eigenvalue weighted by Crippen LogP contribution is -2.41. The number of amides is 1. The van der Waals surface area contributed by atoms with Crippen LogP contribution in [0.4, 0.5) is 0 Å². The zero-order valence-corrected chi connectivity index (χ0v) is 17.8. The Kier molecular flexibility index (Phi) is 7.82. The molecule has 0 heterocycles. The van der Waals surface area contributed by atoms with Crippen molar-refractivity contribution in [3.63, 3.8) is 0 Å². The van der Waals surface area contributed by atoms with Crippen molar-refractivity contribution in [2.75, 3.05) is 0 Å². The minimum absolute atomic E-state index is 0.0393. The number of nitrogens with one attached hydrogen (secondary N) is 1. The largest absolute Gasteiger partial charge is 0.456 e. The van der Waals surface area contributed by atoms with E-state index in [0.717, 1.165) is 12.8 Å². The van der Waals surface area contributed by atoms with Crippen LogP contribution in [0.2, 0.25) is 0 Å². The summed E-state index contributed by atoms with van der Waals surface area (Å²) in [5.74, 6) is 0.0600. The van der Waals surface area contributed by atoms with Crippen molar-refractivity contribution in [2.45, 2.75) is 38.8 Å². The van der Waals surface area contributed by atoms with Gasteiger partial charge in [-0.1, -0.05) is 60.7 Å². The van der Waals surface area contributed by atoms with Crippen LogP contribution >= 0.6 is 0 Å². The summed E-state index contributed by atoms with van der Waals surface area (Å²) >= 11 is 0. The van der Waals surface area contributed by atoms with Gasteiger partial charge in [0, 0.05) is 6.04 Å². The van der Waals surface area contributed by atoms with Crippen LogP contribution in [0, 0.1) is 0 Å².